The fourth-order valence-corrected chi connectivity index (χ4v) is 1.90. The van der Waals surface area contributed by atoms with E-state index in [0.717, 1.165) is 5.56 Å². The van der Waals surface area contributed by atoms with Crippen molar-refractivity contribution in [2.75, 3.05) is 0 Å². The van der Waals surface area contributed by atoms with Gasteiger partial charge in [0.1, 0.15) is 5.75 Å². The lowest BCUT2D eigenvalue weighted by atomic mass is 10.0. The Hall–Kier alpha value is -2.62. The van der Waals surface area contributed by atoms with Crippen LogP contribution in [0.25, 0.3) is 0 Å². The van der Waals surface area contributed by atoms with Gasteiger partial charge in [0.2, 0.25) is 0 Å². The van der Waals surface area contributed by atoms with E-state index in [1.165, 1.54) is 0 Å². The average molecular weight is 284 g/mol. The minimum absolute atomic E-state index is 0.203. The summed E-state index contributed by atoms with van der Waals surface area (Å²) in [7, 11) is 0. The first-order valence-electron chi connectivity index (χ1n) is 6.63. The molecule has 0 saturated carbocycles. The van der Waals surface area contributed by atoms with Crippen molar-refractivity contribution in [3.63, 3.8) is 0 Å². The third kappa shape index (κ3) is 4.18. The molecular formula is C17H16O4. The Morgan fingerprint density at radius 2 is 1.67 bits per heavy atom. The van der Waals surface area contributed by atoms with Crippen molar-refractivity contribution in [1.29, 1.82) is 0 Å². The second kappa shape index (κ2) is 6.70. The number of hydrogen-bond donors (Lipinski definition) is 1. The van der Waals surface area contributed by atoms with Gasteiger partial charge in [0.05, 0.1) is 12.3 Å². The Morgan fingerprint density at radius 1 is 1.05 bits per heavy atom. The largest absolute Gasteiger partial charge is 0.481 e. The molecule has 0 heterocycles. The van der Waals surface area contributed by atoms with Crippen LogP contribution in [0.3, 0.4) is 0 Å². The van der Waals surface area contributed by atoms with Gasteiger partial charge >= 0.3 is 11.9 Å². The van der Waals surface area contributed by atoms with Crippen molar-refractivity contribution in [2.24, 2.45) is 0 Å². The summed E-state index contributed by atoms with van der Waals surface area (Å²) >= 11 is 0. The fourth-order valence-electron chi connectivity index (χ4n) is 1.90. The Bertz CT molecular complexity index is 617. The zero-order valence-corrected chi connectivity index (χ0v) is 11.7. The van der Waals surface area contributed by atoms with Crippen LogP contribution < -0.4 is 4.74 Å². The van der Waals surface area contributed by atoms with Gasteiger partial charge in [-0.05, 0) is 30.2 Å². The summed E-state index contributed by atoms with van der Waals surface area (Å²) in [4.78, 5) is 22.7. The number of carboxylic acid groups (broad SMARTS) is 1. The van der Waals surface area contributed by atoms with E-state index in [1.54, 1.807) is 31.2 Å². The quantitative estimate of drug-likeness (QED) is 0.677. The van der Waals surface area contributed by atoms with Gasteiger partial charge in [0.15, 0.2) is 0 Å². The predicted octanol–water partition coefficient (Wildman–Crippen LogP) is 3.02. The Kier molecular flexibility index (Phi) is 4.72. The molecule has 2 aromatic carbocycles. The summed E-state index contributed by atoms with van der Waals surface area (Å²) in [6, 6.07) is 15.9. The van der Waals surface area contributed by atoms with Crippen molar-refractivity contribution in [2.45, 2.75) is 19.3 Å². The lowest BCUT2D eigenvalue weighted by Crippen LogP contribution is -2.11. The van der Waals surface area contributed by atoms with Gasteiger partial charge in [0, 0.05) is 0 Å². The number of esters is 1. The van der Waals surface area contributed by atoms with Gasteiger partial charge in [-0.2, -0.15) is 0 Å². The maximum atomic E-state index is 11.8. The second-order valence-electron chi connectivity index (χ2n) is 4.77. The fraction of sp³-hybridized carbons (Fsp3) is 0.176. The molecule has 0 radical (unpaired) electrons. The van der Waals surface area contributed by atoms with Crippen LogP contribution >= 0.6 is 0 Å². The summed E-state index contributed by atoms with van der Waals surface area (Å²) in [6.45, 7) is 1.61. The first-order valence-corrected chi connectivity index (χ1v) is 6.63. The highest BCUT2D eigenvalue weighted by Gasteiger charge is 2.13. The number of carboxylic acids is 1. The molecule has 108 valence electrons. The number of carbonyl (C=O) groups is 2. The molecule has 2 aromatic rings. The van der Waals surface area contributed by atoms with E-state index in [2.05, 4.69) is 0 Å². The molecule has 21 heavy (non-hydrogen) atoms. The summed E-state index contributed by atoms with van der Waals surface area (Å²) in [5, 5.41) is 8.93. The Morgan fingerprint density at radius 3 is 2.24 bits per heavy atom. The van der Waals surface area contributed by atoms with Crippen LogP contribution in [0.2, 0.25) is 0 Å². The molecule has 1 atom stereocenters. The van der Waals surface area contributed by atoms with Crippen LogP contribution in [0.1, 0.15) is 24.0 Å². The third-order valence-electron chi connectivity index (χ3n) is 3.17. The van der Waals surface area contributed by atoms with Crippen molar-refractivity contribution in [3.05, 3.63) is 65.7 Å². The number of rotatable bonds is 5. The van der Waals surface area contributed by atoms with Crippen molar-refractivity contribution in [3.8, 4) is 5.75 Å². The number of benzene rings is 2. The minimum Gasteiger partial charge on any atom is -0.481 e. The SMILES string of the molecule is CC(C(=O)O)c1ccc(OC(=O)Cc2ccccc2)cc1. The molecule has 0 spiro atoms. The highest BCUT2D eigenvalue weighted by Crippen LogP contribution is 2.19. The van der Waals surface area contributed by atoms with Crippen molar-refractivity contribution >= 4 is 11.9 Å². The van der Waals surface area contributed by atoms with Crippen LogP contribution in [0, 0.1) is 0 Å². The summed E-state index contributed by atoms with van der Waals surface area (Å²) in [5.74, 6) is -1.40. The molecule has 0 aromatic heterocycles. The minimum atomic E-state index is -0.885. The van der Waals surface area contributed by atoms with Gasteiger partial charge in [0.25, 0.3) is 0 Å². The van der Waals surface area contributed by atoms with E-state index >= 15 is 0 Å². The smallest absolute Gasteiger partial charge is 0.315 e. The van der Waals surface area contributed by atoms with E-state index < -0.39 is 11.9 Å². The van der Waals surface area contributed by atoms with Crippen LogP contribution in [0.15, 0.2) is 54.6 Å². The van der Waals surface area contributed by atoms with Crippen molar-refractivity contribution in [1.82, 2.24) is 0 Å². The highest BCUT2D eigenvalue weighted by molar-refractivity contribution is 5.76. The van der Waals surface area contributed by atoms with Crippen LogP contribution in [0.4, 0.5) is 0 Å². The van der Waals surface area contributed by atoms with E-state index in [4.69, 9.17) is 9.84 Å². The predicted molar refractivity (Wildman–Crippen MR) is 78.3 cm³/mol. The molecule has 1 unspecified atom stereocenters. The van der Waals surface area contributed by atoms with E-state index in [-0.39, 0.29) is 12.4 Å². The summed E-state index contributed by atoms with van der Waals surface area (Å²) < 4.78 is 5.23. The Balaban J connectivity index is 1.97. The van der Waals surface area contributed by atoms with Crippen LogP contribution in [-0.4, -0.2) is 17.0 Å². The van der Waals surface area contributed by atoms with E-state index in [1.807, 2.05) is 30.3 Å². The molecule has 1 N–H and O–H groups in total. The van der Waals surface area contributed by atoms with Gasteiger partial charge in [-0.1, -0.05) is 42.5 Å². The van der Waals surface area contributed by atoms with Gasteiger partial charge in [-0.25, -0.2) is 0 Å². The highest BCUT2D eigenvalue weighted by atomic mass is 16.5. The number of ether oxygens (including phenoxy) is 1. The van der Waals surface area contributed by atoms with Crippen molar-refractivity contribution < 1.29 is 19.4 Å². The van der Waals surface area contributed by atoms with Gasteiger partial charge in [-0.15, -0.1) is 0 Å². The molecule has 2 rings (SSSR count). The molecule has 0 aliphatic carbocycles. The Labute approximate surface area is 123 Å². The topological polar surface area (TPSA) is 63.6 Å². The van der Waals surface area contributed by atoms with E-state index in [9.17, 15) is 9.59 Å². The standard InChI is InChI=1S/C17H16O4/c1-12(17(19)20)14-7-9-15(10-8-14)21-16(18)11-13-5-3-2-4-6-13/h2-10,12H,11H2,1H3,(H,19,20). The normalized spacial score (nSPS) is 11.7. The maximum Gasteiger partial charge on any atom is 0.315 e. The molecule has 4 heteroatoms. The molecule has 0 aliphatic rings. The summed E-state index contributed by atoms with van der Waals surface area (Å²) in [6.07, 6.45) is 0.203. The molecule has 4 nitrogen and oxygen atoms in total. The number of aliphatic carboxylic acids is 1. The molecule has 0 saturated heterocycles. The molecular weight excluding hydrogens is 268 g/mol. The number of carbonyl (C=O) groups excluding carboxylic acids is 1. The lowest BCUT2D eigenvalue weighted by molar-refractivity contribution is -0.138. The second-order valence-corrected chi connectivity index (χ2v) is 4.77. The van der Waals surface area contributed by atoms with Gasteiger partial charge in [-0.3, -0.25) is 9.59 Å². The maximum absolute atomic E-state index is 11.8. The summed E-state index contributed by atoms with van der Waals surface area (Å²) in [5.41, 5.74) is 1.56. The first-order chi connectivity index (χ1) is 10.1. The first kappa shape index (κ1) is 14.8. The monoisotopic (exact) mass is 284 g/mol. The number of hydrogen-bond acceptors (Lipinski definition) is 3. The lowest BCUT2D eigenvalue weighted by Gasteiger charge is -2.08. The van der Waals surface area contributed by atoms with E-state index in [0.29, 0.717) is 11.3 Å². The zero-order chi connectivity index (χ0) is 15.2. The molecule has 0 bridgehead atoms. The molecule has 0 aliphatic heterocycles. The third-order valence-corrected chi connectivity index (χ3v) is 3.17. The van der Waals surface area contributed by atoms with Gasteiger partial charge < -0.3 is 9.84 Å². The van der Waals surface area contributed by atoms with Crippen LogP contribution in [0.5, 0.6) is 5.75 Å². The van der Waals surface area contributed by atoms with Crippen LogP contribution in [-0.2, 0) is 16.0 Å². The zero-order valence-electron chi connectivity index (χ0n) is 11.7. The molecule has 0 amide bonds. The average Bonchev–Trinajstić information content (AvgIpc) is 2.48. The molecule has 0 fully saturated rings.